The molecule has 0 saturated carbocycles. The Morgan fingerprint density at radius 2 is 1.20 bits per heavy atom. The average molecular weight is 115 g/mol. The summed E-state index contributed by atoms with van der Waals surface area (Å²) in [5, 5.41) is 0. The summed E-state index contributed by atoms with van der Waals surface area (Å²) in [6.07, 6.45) is 0. The predicted molar refractivity (Wildman–Crippen MR) is 23.3 cm³/mol. The van der Waals surface area contributed by atoms with Gasteiger partial charge in [0.15, 0.2) is 0 Å². The lowest BCUT2D eigenvalue weighted by Crippen LogP contribution is -1.68. The summed E-state index contributed by atoms with van der Waals surface area (Å²) < 4.78 is 0. The highest BCUT2D eigenvalue weighted by Gasteiger charge is 2.17. The van der Waals surface area contributed by atoms with Crippen LogP contribution in [0.4, 0.5) is 0 Å². The fourth-order valence-electron chi connectivity index (χ4n) is 0. The van der Waals surface area contributed by atoms with Crippen LogP contribution in [-0.2, 0) is 0 Å². The summed E-state index contributed by atoms with van der Waals surface area (Å²) in [5.74, 6) is 0. The van der Waals surface area contributed by atoms with Gasteiger partial charge in [0.25, 0.3) is 0 Å². The van der Waals surface area contributed by atoms with Crippen LogP contribution >= 0.6 is 16.6 Å². The number of hydrogen-bond donors (Lipinski definition) is 3. The molecule has 3 nitrogen and oxygen atoms in total. The van der Waals surface area contributed by atoms with Crippen LogP contribution in [0.15, 0.2) is 0 Å². The van der Waals surface area contributed by atoms with Crippen molar-refractivity contribution in [3.05, 3.63) is 0 Å². The first-order valence-corrected chi connectivity index (χ1v) is 4.12. The number of rotatable bonds is 0. The zero-order valence-corrected chi connectivity index (χ0v) is 4.42. The Morgan fingerprint density at radius 1 is 1.20 bits per heavy atom. The molecule has 5 heteroatoms. The van der Waals surface area contributed by atoms with E-state index in [1.807, 2.05) is 0 Å². The topological polar surface area (TPSA) is 60.7 Å². The van der Waals surface area contributed by atoms with Crippen molar-refractivity contribution in [1.82, 2.24) is 0 Å². The van der Waals surface area contributed by atoms with Crippen LogP contribution in [0.1, 0.15) is 0 Å². The molecular formula is H5O3P2+. The molecule has 0 amide bonds. The van der Waals surface area contributed by atoms with E-state index in [2.05, 4.69) is 0 Å². The van der Waals surface area contributed by atoms with Crippen molar-refractivity contribution in [2.45, 2.75) is 0 Å². The highest BCUT2D eigenvalue weighted by atomic mass is 32.1. The van der Waals surface area contributed by atoms with Gasteiger partial charge in [0.05, 0.1) is 0 Å². The van der Waals surface area contributed by atoms with Crippen molar-refractivity contribution >= 4 is 16.6 Å². The summed E-state index contributed by atoms with van der Waals surface area (Å²) in [5.41, 5.74) is 0. The van der Waals surface area contributed by atoms with Gasteiger partial charge in [-0.3, -0.25) is 0 Å². The highest BCUT2D eigenvalue weighted by Crippen LogP contribution is 2.53. The van der Waals surface area contributed by atoms with Crippen LogP contribution in [0.2, 0.25) is 0 Å². The third kappa shape index (κ3) is 65.0. The summed E-state index contributed by atoms with van der Waals surface area (Å²) in [4.78, 5) is 23.1. The van der Waals surface area contributed by atoms with E-state index >= 15 is 0 Å². The van der Waals surface area contributed by atoms with Crippen molar-refractivity contribution in [2.75, 3.05) is 0 Å². The molecule has 32 valence electrons. The van der Waals surface area contributed by atoms with Crippen molar-refractivity contribution in [2.24, 2.45) is 0 Å². The molecule has 0 radical (unpaired) electrons. The molecule has 1 atom stereocenters. The van der Waals surface area contributed by atoms with Crippen LogP contribution < -0.4 is 0 Å². The third-order valence-corrected chi connectivity index (χ3v) is 0. The summed E-state index contributed by atoms with van der Waals surface area (Å²) in [6, 6.07) is 0. The molecule has 0 aliphatic heterocycles. The van der Waals surface area contributed by atoms with Crippen molar-refractivity contribution in [1.29, 1.82) is 0 Å². The first-order chi connectivity index (χ1) is 2.00. The molecule has 5 heavy (non-hydrogen) atoms. The lowest BCUT2D eigenvalue weighted by Gasteiger charge is -1.87. The van der Waals surface area contributed by atoms with Crippen molar-refractivity contribution in [3.8, 4) is 0 Å². The van der Waals surface area contributed by atoms with Crippen LogP contribution in [0.3, 0.4) is 0 Å². The Balaban J connectivity index is 3.02. The molecular weight excluding hydrogens is 110 g/mol. The Hall–Kier alpha value is 0.740. The number of hydrogen-bond acceptors (Lipinski definition) is 3. The van der Waals surface area contributed by atoms with Gasteiger partial charge >= 0.3 is 7.63 Å². The van der Waals surface area contributed by atoms with E-state index in [-0.39, 0.29) is 0 Å². The zero-order valence-electron chi connectivity index (χ0n) is 2.37. The fourth-order valence-corrected chi connectivity index (χ4v) is 0. The normalized spacial score (nSPS) is 12.0. The van der Waals surface area contributed by atoms with E-state index in [0.717, 1.165) is 0 Å². The van der Waals surface area contributed by atoms with Crippen molar-refractivity contribution in [3.63, 3.8) is 0 Å². The first-order valence-electron chi connectivity index (χ1n) is 0.858. The molecule has 0 aliphatic carbocycles. The molecule has 0 aromatic carbocycles. The van der Waals surface area contributed by atoms with E-state index in [1.54, 1.807) is 0 Å². The zero-order chi connectivity index (χ0) is 4.50. The molecule has 0 saturated heterocycles. The van der Waals surface area contributed by atoms with Gasteiger partial charge < -0.3 is 0 Å². The van der Waals surface area contributed by atoms with Crippen molar-refractivity contribution < 1.29 is 14.7 Å². The first kappa shape index (κ1) is 5.74. The van der Waals surface area contributed by atoms with E-state index < -0.39 is 7.63 Å². The maximum atomic E-state index is 7.71. The van der Waals surface area contributed by atoms with Gasteiger partial charge in [-0.05, 0) is 0 Å². The Kier molecular flexibility index (Phi) is 1.68. The molecule has 1 unspecified atom stereocenters. The standard InChI is InChI=1S/H5O3P2/c1-5(2,3)4/h1-3H,4H2/q+1. The molecule has 0 heterocycles. The lowest BCUT2D eigenvalue weighted by atomic mass is 15.8. The molecule has 0 rings (SSSR count). The van der Waals surface area contributed by atoms with E-state index in [0.29, 0.717) is 0 Å². The maximum Gasteiger partial charge on any atom is 0.413 e. The molecule has 0 aromatic heterocycles. The van der Waals surface area contributed by atoms with E-state index in [9.17, 15) is 0 Å². The van der Waals surface area contributed by atoms with Crippen LogP contribution in [0.5, 0.6) is 0 Å². The second-order valence-electron chi connectivity index (χ2n) is 0.615. The molecule has 0 bridgehead atoms. The minimum absolute atomic E-state index is 1.49. The van der Waals surface area contributed by atoms with Crippen LogP contribution in [0.25, 0.3) is 0 Å². The molecule has 0 spiro atoms. The van der Waals surface area contributed by atoms with E-state index in [1.165, 1.54) is 8.93 Å². The minimum atomic E-state index is -3.47. The predicted octanol–water partition coefficient (Wildman–Crippen LogP) is -0.484. The lowest BCUT2D eigenvalue weighted by molar-refractivity contribution is 0.358. The molecule has 0 fully saturated rings. The van der Waals surface area contributed by atoms with Gasteiger partial charge in [-0.25, -0.2) is 0 Å². The smallest absolute Gasteiger partial charge is 0.192 e. The Labute approximate surface area is 32.3 Å². The quantitative estimate of drug-likeness (QED) is 0.373. The van der Waals surface area contributed by atoms with Gasteiger partial charge in [0.1, 0.15) is 8.93 Å². The minimum Gasteiger partial charge on any atom is -0.192 e. The maximum absolute atomic E-state index is 7.71. The molecule has 0 aliphatic rings. The van der Waals surface area contributed by atoms with Gasteiger partial charge in [0, 0.05) is 0 Å². The monoisotopic (exact) mass is 115 g/mol. The molecule has 3 N–H and O–H groups in total. The third-order valence-electron chi connectivity index (χ3n) is 0. The molecule has 0 aromatic rings. The van der Waals surface area contributed by atoms with E-state index in [4.69, 9.17) is 14.7 Å². The van der Waals surface area contributed by atoms with Gasteiger partial charge in [-0.15, -0.1) is 0 Å². The second-order valence-corrected chi connectivity index (χ2v) is 3.92. The Bertz CT molecular complexity index is 20.4. The Morgan fingerprint density at radius 3 is 1.20 bits per heavy atom. The fraction of sp³-hybridized carbons (Fsp3) is 0. The largest absolute Gasteiger partial charge is 0.413 e. The van der Waals surface area contributed by atoms with Crippen LogP contribution in [-0.4, -0.2) is 14.7 Å². The SMILES string of the molecule is O[P+](O)(O)P. The van der Waals surface area contributed by atoms with Gasteiger partial charge in [-0.2, -0.15) is 14.7 Å². The average Bonchev–Trinajstić information content (AvgIpc) is 0.722. The summed E-state index contributed by atoms with van der Waals surface area (Å²) in [7, 11) is -1.98. The summed E-state index contributed by atoms with van der Waals surface area (Å²) in [6.45, 7) is 0. The summed E-state index contributed by atoms with van der Waals surface area (Å²) >= 11 is 0. The van der Waals surface area contributed by atoms with Crippen LogP contribution in [0, 0.1) is 0 Å². The second kappa shape index (κ2) is 1.46. The van der Waals surface area contributed by atoms with Gasteiger partial charge in [0.2, 0.25) is 0 Å². The van der Waals surface area contributed by atoms with Gasteiger partial charge in [-0.1, -0.05) is 0 Å². The highest BCUT2D eigenvalue weighted by molar-refractivity contribution is 8.15.